The van der Waals surface area contributed by atoms with Gasteiger partial charge in [-0.3, -0.25) is 0 Å². The van der Waals surface area contributed by atoms with Gasteiger partial charge in [-0.2, -0.15) is 4.68 Å². The monoisotopic (exact) mass is 376 g/mol. The van der Waals surface area contributed by atoms with E-state index in [9.17, 15) is 4.79 Å². The van der Waals surface area contributed by atoms with Gasteiger partial charge in [-0.05, 0) is 54.5 Å². The number of nitrogens with one attached hydrogen (secondary N) is 2. The average Bonchev–Trinajstić information content (AvgIpc) is 3.20. The SMILES string of the molecule is Cc1ccc(-n2nnnc2C2(NC(=O)Nc3ccccc3)CCCCC2)cc1. The molecular weight excluding hydrogens is 352 g/mol. The normalized spacial score (nSPS) is 15.8. The molecule has 144 valence electrons. The topological polar surface area (TPSA) is 84.7 Å². The minimum atomic E-state index is -0.592. The van der Waals surface area contributed by atoms with E-state index in [1.165, 1.54) is 5.56 Å². The third kappa shape index (κ3) is 3.74. The molecule has 3 aromatic rings. The second-order valence-corrected chi connectivity index (χ2v) is 7.34. The van der Waals surface area contributed by atoms with Crippen LogP contribution in [-0.2, 0) is 5.54 Å². The number of nitrogens with zero attached hydrogens (tertiary/aromatic N) is 4. The number of carbonyl (C=O) groups excluding carboxylic acids is 1. The number of hydrogen-bond acceptors (Lipinski definition) is 4. The molecule has 0 bridgehead atoms. The van der Waals surface area contributed by atoms with Crippen LogP contribution in [0, 0.1) is 6.92 Å². The highest BCUT2D eigenvalue weighted by Gasteiger charge is 2.40. The van der Waals surface area contributed by atoms with Crippen molar-refractivity contribution >= 4 is 11.7 Å². The van der Waals surface area contributed by atoms with Gasteiger partial charge in [0, 0.05) is 5.69 Å². The van der Waals surface area contributed by atoms with Gasteiger partial charge in [0.15, 0.2) is 5.82 Å². The van der Waals surface area contributed by atoms with E-state index in [0.29, 0.717) is 5.82 Å². The largest absolute Gasteiger partial charge is 0.325 e. The standard InChI is InChI=1S/C21H24N6O/c1-16-10-12-18(13-11-16)27-19(24-25-26-27)21(14-6-3-7-15-21)23-20(28)22-17-8-4-2-5-9-17/h2,4-5,8-13H,3,6-7,14-15H2,1H3,(H2,22,23,28). The molecule has 0 saturated heterocycles. The van der Waals surface area contributed by atoms with Crippen LogP contribution in [0.25, 0.3) is 5.69 Å². The first-order chi connectivity index (χ1) is 13.7. The predicted octanol–water partition coefficient (Wildman–Crippen LogP) is 3.95. The summed E-state index contributed by atoms with van der Waals surface area (Å²) >= 11 is 0. The number of aryl methyl sites for hydroxylation is 1. The summed E-state index contributed by atoms with van der Waals surface area (Å²) in [5.41, 5.74) is 2.22. The number of aromatic nitrogens is 4. The first-order valence-electron chi connectivity index (χ1n) is 9.66. The molecule has 2 N–H and O–H groups in total. The van der Waals surface area contributed by atoms with Crippen LogP contribution >= 0.6 is 0 Å². The summed E-state index contributed by atoms with van der Waals surface area (Å²) in [5.74, 6) is 0.680. The van der Waals surface area contributed by atoms with E-state index < -0.39 is 5.54 Å². The van der Waals surface area contributed by atoms with Crippen molar-refractivity contribution in [2.75, 3.05) is 5.32 Å². The minimum absolute atomic E-state index is 0.244. The number of anilines is 1. The molecule has 1 aromatic heterocycles. The minimum Gasteiger partial charge on any atom is -0.325 e. The van der Waals surface area contributed by atoms with E-state index >= 15 is 0 Å². The molecule has 1 fully saturated rings. The number of rotatable bonds is 4. The molecule has 7 heteroatoms. The van der Waals surface area contributed by atoms with Gasteiger partial charge in [0.05, 0.1) is 5.69 Å². The number of urea groups is 1. The first kappa shape index (κ1) is 18.2. The van der Waals surface area contributed by atoms with Gasteiger partial charge >= 0.3 is 6.03 Å². The van der Waals surface area contributed by atoms with Crippen molar-refractivity contribution in [1.29, 1.82) is 0 Å². The third-order valence-electron chi connectivity index (χ3n) is 5.27. The average molecular weight is 376 g/mol. The molecule has 1 aliphatic carbocycles. The fourth-order valence-electron chi connectivity index (χ4n) is 3.81. The maximum absolute atomic E-state index is 12.8. The molecule has 2 amide bonds. The Morgan fingerprint density at radius 3 is 2.43 bits per heavy atom. The summed E-state index contributed by atoms with van der Waals surface area (Å²) in [6.07, 6.45) is 4.80. The van der Waals surface area contributed by atoms with E-state index in [1.54, 1.807) is 4.68 Å². The van der Waals surface area contributed by atoms with E-state index in [4.69, 9.17) is 0 Å². The van der Waals surface area contributed by atoms with Gasteiger partial charge in [0.1, 0.15) is 5.54 Å². The van der Waals surface area contributed by atoms with Crippen molar-refractivity contribution < 1.29 is 4.79 Å². The number of para-hydroxylation sites is 1. The fraction of sp³-hybridized carbons (Fsp3) is 0.333. The van der Waals surface area contributed by atoms with Gasteiger partial charge in [-0.25, -0.2) is 4.79 Å². The van der Waals surface area contributed by atoms with E-state index in [-0.39, 0.29) is 6.03 Å². The lowest BCUT2D eigenvalue weighted by atomic mass is 9.81. The predicted molar refractivity (Wildman–Crippen MR) is 107 cm³/mol. The maximum Gasteiger partial charge on any atom is 0.320 e. The lowest BCUT2D eigenvalue weighted by Gasteiger charge is -2.36. The zero-order chi connectivity index (χ0) is 19.4. The van der Waals surface area contributed by atoms with Gasteiger partial charge in [0.2, 0.25) is 0 Å². The Morgan fingerprint density at radius 2 is 1.71 bits per heavy atom. The molecule has 0 aliphatic heterocycles. The molecule has 0 radical (unpaired) electrons. The van der Waals surface area contributed by atoms with E-state index in [1.807, 2.05) is 61.5 Å². The molecule has 1 heterocycles. The van der Waals surface area contributed by atoms with Crippen molar-refractivity contribution in [2.45, 2.75) is 44.6 Å². The summed E-state index contributed by atoms with van der Waals surface area (Å²) in [6.45, 7) is 2.04. The van der Waals surface area contributed by atoms with Gasteiger partial charge in [0.25, 0.3) is 0 Å². The fourth-order valence-corrected chi connectivity index (χ4v) is 3.81. The van der Waals surface area contributed by atoms with Crippen molar-refractivity contribution in [2.24, 2.45) is 0 Å². The Hall–Kier alpha value is -3.22. The lowest BCUT2D eigenvalue weighted by molar-refractivity contribution is 0.204. The Labute approximate surface area is 164 Å². The molecule has 4 rings (SSSR count). The molecule has 0 spiro atoms. The van der Waals surface area contributed by atoms with Crippen LogP contribution in [-0.4, -0.2) is 26.2 Å². The molecule has 1 aliphatic rings. The molecular formula is C21H24N6O. The van der Waals surface area contributed by atoms with Crippen molar-refractivity contribution in [3.63, 3.8) is 0 Å². The van der Waals surface area contributed by atoms with Gasteiger partial charge in [-0.1, -0.05) is 55.2 Å². The molecule has 0 unspecified atom stereocenters. The number of benzene rings is 2. The van der Waals surface area contributed by atoms with Crippen LogP contribution in [0.5, 0.6) is 0 Å². The molecule has 0 atom stereocenters. The highest BCUT2D eigenvalue weighted by Crippen LogP contribution is 2.36. The maximum atomic E-state index is 12.8. The summed E-state index contributed by atoms with van der Waals surface area (Å²) in [6, 6.07) is 17.2. The van der Waals surface area contributed by atoms with Crippen LogP contribution in [0.1, 0.15) is 43.5 Å². The Morgan fingerprint density at radius 1 is 1.00 bits per heavy atom. The zero-order valence-corrected chi connectivity index (χ0v) is 15.9. The van der Waals surface area contributed by atoms with E-state index in [2.05, 4.69) is 26.2 Å². The summed E-state index contributed by atoms with van der Waals surface area (Å²) < 4.78 is 1.74. The Balaban J connectivity index is 1.64. The highest BCUT2D eigenvalue weighted by molar-refractivity contribution is 5.89. The van der Waals surface area contributed by atoms with Crippen LogP contribution in [0.4, 0.5) is 10.5 Å². The third-order valence-corrected chi connectivity index (χ3v) is 5.27. The quantitative estimate of drug-likeness (QED) is 0.722. The van der Waals surface area contributed by atoms with Crippen molar-refractivity contribution in [3.05, 3.63) is 66.0 Å². The van der Waals surface area contributed by atoms with Crippen LogP contribution in [0.3, 0.4) is 0 Å². The first-order valence-corrected chi connectivity index (χ1v) is 9.66. The smallest absolute Gasteiger partial charge is 0.320 e. The van der Waals surface area contributed by atoms with Gasteiger partial charge < -0.3 is 10.6 Å². The Kier molecular flexibility index (Phi) is 5.06. The number of tetrazole rings is 1. The van der Waals surface area contributed by atoms with Gasteiger partial charge in [-0.15, -0.1) is 5.10 Å². The van der Waals surface area contributed by atoms with Crippen LogP contribution in [0.2, 0.25) is 0 Å². The summed E-state index contributed by atoms with van der Waals surface area (Å²) in [5, 5.41) is 18.6. The summed E-state index contributed by atoms with van der Waals surface area (Å²) in [4.78, 5) is 12.8. The number of amides is 2. The molecule has 2 aromatic carbocycles. The second-order valence-electron chi connectivity index (χ2n) is 7.34. The van der Waals surface area contributed by atoms with Crippen LogP contribution < -0.4 is 10.6 Å². The lowest BCUT2D eigenvalue weighted by Crippen LogP contribution is -2.50. The number of carbonyl (C=O) groups is 1. The van der Waals surface area contributed by atoms with E-state index in [0.717, 1.165) is 43.5 Å². The molecule has 1 saturated carbocycles. The number of hydrogen-bond donors (Lipinski definition) is 2. The molecule has 7 nitrogen and oxygen atoms in total. The molecule has 28 heavy (non-hydrogen) atoms. The highest BCUT2D eigenvalue weighted by atomic mass is 16.2. The second kappa shape index (κ2) is 7.80. The zero-order valence-electron chi connectivity index (χ0n) is 15.9. The van der Waals surface area contributed by atoms with Crippen molar-refractivity contribution in [1.82, 2.24) is 25.5 Å². The summed E-state index contributed by atoms with van der Waals surface area (Å²) in [7, 11) is 0. The Bertz CT molecular complexity index is 929. The van der Waals surface area contributed by atoms with Crippen molar-refractivity contribution in [3.8, 4) is 5.69 Å². The van der Waals surface area contributed by atoms with Crippen LogP contribution in [0.15, 0.2) is 54.6 Å².